The Morgan fingerprint density at radius 2 is 1.81 bits per heavy atom. The predicted molar refractivity (Wildman–Crippen MR) is 168 cm³/mol. The first kappa shape index (κ1) is 30.4. The van der Waals surface area contributed by atoms with E-state index in [-0.39, 0.29) is 18.2 Å². The summed E-state index contributed by atoms with van der Waals surface area (Å²) < 4.78 is 16.4. The molecule has 5 rings (SSSR count). The Kier molecular flexibility index (Phi) is 9.83. The molecular weight excluding hydrogens is 546 g/mol. The minimum Gasteiger partial charge on any atom is -0.461 e. The highest BCUT2D eigenvalue weighted by atomic mass is 16.5. The van der Waals surface area contributed by atoms with Gasteiger partial charge in [0.1, 0.15) is 5.82 Å². The maximum absolute atomic E-state index is 13.0. The van der Waals surface area contributed by atoms with Gasteiger partial charge in [0.15, 0.2) is 5.69 Å². The van der Waals surface area contributed by atoms with Crippen molar-refractivity contribution in [2.45, 2.75) is 39.7 Å². The standard InChI is InChI=1S/C32H41N7O4/c1-5-43-31(40)27-18-26(22-19-34-32(35-20-22)38(4)24-9-13-41-14-10-24)28(29(33)21(2)3)30(37-27)36-23-7-6-8-25(17-23)39-11-15-42-16-12-39/h6-8,17-21,24,33H,5,9-16H2,1-4H3,(H,36,37). The smallest absolute Gasteiger partial charge is 0.357 e. The minimum atomic E-state index is -0.534. The number of hydrogen-bond acceptors (Lipinski definition) is 11. The third-order valence-electron chi connectivity index (χ3n) is 7.84. The topological polar surface area (TPSA) is 126 Å². The van der Waals surface area contributed by atoms with Crippen LogP contribution in [0.4, 0.5) is 23.1 Å². The van der Waals surface area contributed by atoms with Crippen molar-refractivity contribution in [3.05, 3.63) is 54.0 Å². The van der Waals surface area contributed by atoms with E-state index >= 15 is 0 Å². The average Bonchev–Trinajstić information content (AvgIpc) is 3.05. The monoisotopic (exact) mass is 587 g/mol. The van der Waals surface area contributed by atoms with E-state index in [2.05, 4.69) is 27.2 Å². The molecule has 2 saturated heterocycles. The molecular formula is C32H41N7O4. The molecule has 0 spiro atoms. The van der Waals surface area contributed by atoms with Crippen LogP contribution in [0, 0.1) is 11.3 Å². The summed E-state index contributed by atoms with van der Waals surface area (Å²) in [5, 5.41) is 12.5. The fourth-order valence-electron chi connectivity index (χ4n) is 5.35. The Balaban J connectivity index is 1.56. The molecule has 4 heterocycles. The fourth-order valence-corrected chi connectivity index (χ4v) is 5.35. The largest absolute Gasteiger partial charge is 0.461 e. The number of hydrogen-bond donors (Lipinski definition) is 2. The lowest BCUT2D eigenvalue weighted by atomic mass is 9.92. The summed E-state index contributed by atoms with van der Waals surface area (Å²) in [5.74, 6) is 0.387. The first-order chi connectivity index (χ1) is 20.9. The van der Waals surface area contributed by atoms with Crippen molar-refractivity contribution in [2.75, 3.05) is 68.3 Å². The van der Waals surface area contributed by atoms with Gasteiger partial charge in [-0.15, -0.1) is 0 Å². The molecule has 0 radical (unpaired) electrons. The Morgan fingerprint density at radius 1 is 1.12 bits per heavy atom. The number of aromatic nitrogens is 3. The number of carbonyl (C=O) groups excluding carboxylic acids is 1. The lowest BCUT2D eigenvalue weighted by Gasteiger charge is -2.31. The van der Waals surface area contributed by atoms with Crippen LogP contribution in [0.1, 0.15) is 49.7 Å². The minimum absolute atomic E-state index is 0.103. The number of pyridine rings is 1. The lowest BCUT2D eigenvalue weighted by molar-refractivity contribution is 0.0519. The summed E-state index contributed by atoms with van der Waals surface area (Å²) in [6.07, 6.45) is 5.35. The predicted octanol–water partition coefficient (Wildman–Crippen LogP) is 4.93. The molecule has 0 unspecified atom stereocenters. The average molecular weight is 588 g/mol. The Hall–Kier alpha value is -4.09. The summed E-state index contributed by atoms with van der Waals surface area (Å²) in [6.45, 7) is 10.4. The second-order valence-corrected chi connectivity index (χ2v) is 11.1. The number of nitrogens with zero attached hydrogens (tertiary/aromatic N) is 5. The van der Waals surface area contributed by atoms with Crippen LogP contribution >= 0.6 is 0 Å². The number of nitrogens with one attached hydrogen (secondary N) is 2. The van der Waals surface area contributed by atoms with Crippen molar-refractivity contribution in [3.63, 3.8) is 0 Å². The molecule has 11 heteroatoms. The molecule has 228 valence electrons. The van der Waals surface area contributed by atoms with Gasteiger partial charge in [-0.3, -0.25) is 0 Å². The number of anilines is 4. The zero-order chi connectivity index (χ0) is 30.3. The number of morpholine rings is 1. The van der Waals surface area contributed by atoms with Crippen LogP contribution < -0.4 is 15.1 Å². The normalized spacial score (nSPS) is 15.8. The van der Waals surface area contributed by atoms with E-state index in [0.29, 0.717) is 53.4 Å². The van der Waals surface area contributed by atoms with Crippen LogP contribution in [0.3, 0.4) is 0 Å². The highest BCUT2D eigenvalue weighted by molar-refractivity contribution is 6.10. The summed E-state index contributed by atoms with van der Waals surface area (Å²) in [6, 6.07) is 10.0. The molecule has 2 aliphatic heterocycles. The summed E-state index contributed by atoms with van der Waals surface area (Å²) in [7, 11) is 2.00. The van der Waals surface area contributed by atoms with Crippen LogP contribution in [-0.2, 0) is 14.2 Å². The van der Waals surface area contributed by atoms with Crippen molar-refractivity contribution in [1.82, 2.24) is 15.0 Å². The van der Waals surface area contributed by atoms with E-state index in [9.17, 15) is 4.79 Å². The molecule has 2 N–H and O–H groups in total. The number of esters is 1. The van der Waals surface area contributed by atoms with E-state index in [4.69, 9.17) is 34.6 Å². The molecule has 1 aromatic carbocycles. The Morgan fingerprint density at radius 3 is 2.49 bits per heavy atom. The molecule has 2 fully saturated rings. The zero-order valence-electron chi connectivity index (χ0n) is 25.4. The summed E-state index contributed by atoms with van der Waals surface area (Å²) in [4.78, 5) is 31.5. The van der Waals surface area contributed by atoms with Crippen LogP contribution in [0.5, 0.6) is 0 Å². The second-order valence-electron chi connectivity index (χ2n) is 11.1. The molecule has 2 aliphatic rings. The lowest BCUT2D eigenvalue weighted by Crippen LogP contribution is -2.37. The third-order valence-corrected chi connectivity index (χ3v) is 7.84. The van der Waals surface area contributed by atoms with E-state index in [1.54, 1.807) is 25.4 Å². The van der Waals surface area contributed by atoms with E-state index in [1.807, 2.05) is 33.0 Å². The summed E-state index contributed by atoms with van der Waals surface area (Å²) in [5.41, 5.74) is 4.31. The van der Waals surface area contributed by atoms with Crippen molar-refractivity contribution in [1.29, 1.82) is 5.41 Å². The van der Waals surface area contributed by atoms with Gasteiger partial charge < -0.3 is 34.7 Å². The van der Waals surface area contributed by atoms with Gasteiger partial charge in [0.2, 0.25) is 5.95 Å². The molecule has 3 aromatic rings. The van der Waals surface area contributed by atoms with E-state index in [0.717, 1.165) is 50.5 Å². The molecule has 0 atom stereocenters. The SMILES string of the molecule is CCOC(=O)c1cc(-c2cnc(N(C)C3CCOCC3)nc2)c(C(=N)C(C)C)c(Nc2cccc(N3CCOCC3)c2)n1. The van der Waals surface area contributed by atoms with Gasteiger partial charge in [0.05, 0.1) is 19.8 Å². The van der Waals surface area contributed by atoms with E-state index < -0.39 is 5.97 Å². The van der Waals surface area contributed by atoms with Gasteiger partial charge in [-0.2, -0.15) is 0 Å². The molecule has 0 amide bonds. The fraction of sp³-hybridized carbons (Fsp3) is 0.469. The first-order valence-electron chi connectivity index (χ1n) is 15.0. The molecule has 11 nitrogen and oxygen atoms in total. The molecule has 43 heavy (non-hydrogen) atoms. The van der Waals surface area contributed by atoms with Crippen LogP contribution in [0.15, 0.2) is 42.7 Å². The first-order valence-corrected chi connectivity index (χ1v) is 15.0. The number of ether oxygens (including phenoxy) is 3. The van der Waals surface area contributed by atoms with Gasteiger partial charge >= 0.3 is 5.97 Å². The van der Waals surface area contributed by atoms with Crippen molar-refractivity contribution in [3.8, 4) is 11.1 Å². The van der Waals surface area contributed by atoms with Crippen molar-refractivity contribution >= 4 is 34.8 Å². The molecule has 0 aliphatic carbocycles. The molecule has 2 aromatic heterocycles. The highest BCUT2D eigenvalue weighted by Crippen LogP contribution is 2.34. The zero-order valence-corrected chi connectivity index (χ0v) is 25.4. The van der Waals surface area contributed by atoms with Gasteiger partial charge in [-0.05, 0) is 55.5 Å². The van der Waals surface area contributed by atoms with Crippen molar-refractivity contribution < 1.29 is 19.0 Å². The second kappa shape index (κ2) is 13.9. The van der Waals surface area contributed by atoms with Gasteiger partial charge in [0.25, 0.3) is 0 Å². The quantitative estimate of drug-likeness (QED) is 0.249. The maximum atomic E-state index is 13.0. The molecule has 0 bridgehead atoms. The maximum Gasteiger partial charge on any atom is 0.357 e. The highest BCUT2D eigenvalue weighted by Gasteiger charge is 2.25. The van der Waals surface area contributed by atoms with Crippen LogP contribution in [0.25, 0.3) is 11.1 Å². The van der Waals surface area contributed by atoms with Gasteiger partial charge in [-0.1, -0.05) is 19.9 Å². The third kappa shape index (κ3) is 7.11. The molecule has 0 saturated carbocycles. The number of rotatable bonds is 10. The van der Waals surface area contributed by atoms with Gasteiger partial charge in [-0.25, -0.2) is 19.7 Å². The van der Waals surface area contributed by atoms with Crippen LogP contribution in [0.2, 0.25) is 0 Å². The summed E-state index contributed by atoms with van der Waals surface area (Å²) >= 11 is 0. The van der Waals surface area contributed by atoms with Gasteiger partial charge in [0, 0.05) is 80.0 Å². The Labute approximate surface area is 253 Å². The number of benzene rings is 1. The van der Waals surface area contributed by atoms with E-state index in [1.165, 1.54) is 0 Å². The Bertz CT molecular complexity index is 1420. The van der Waals surface area contributed by atoms with Crippen LogP contribution in [-0.4, -0.2) is 85.8 Å². The number of carbonyl (C=O) groups is 1. The van der Waals surface area contributed by atoms with Crippen molar-refractivity contribution in [2.24, 2.45) is 5.92 Å².